The van der Waals surface area contributed by atoms with Gasteiger partial charge in [-0.15, -0.1) is 11.3 Å². The summed E-state index contributed by atoms with van der Waals surface area (Å²) in [6, 6.07) is 9.60. The Labute approximate surface area is 214 Å². The fourth-order valence-electron chi connectivity index (χ4n) is 5.13. The van der Waals surface area contributed by atoms with E-state index in [1.165, 1.54) is 9.78 Å². The van der Waals surface area contributed by atoms with Gasteiger partial charge >= 0.3 is 0 Å². The van der Waals surface area contributed by atoms with Crippen molar-refractivity contribution in [2.45, 2.75) is 45.7 Å². The summed E-state index contributed by atoms with van der Waals surface area (Å²) in [6.07, 6.45) is 3.97. The second-order valence-electron chi connectivity index (χ2n) is 9.52. The SMILES string of the molecule is CC[C@@H](NC(=O)C1CCN(c2cccc3c2C(=O)N(Cc2cnn(C)c2C)C3=O)CC1)c1cccs1. The van der Waals surface area contributed by atoms with Crippen LogP contribution in [-0.4, -0.2) is 45.5 Å². The lowest BCUT2D eigenvalue weighted by atomic mass is 9.94. The predicted molar refractivity (Wildman–Crippen MR) is 139 cm³/mol. The van der Waals surface area contributed by atoms with Gasteiger partial charge in [-0.1, -0.05) is 19.1 Å². The number of amides is 3. The van der Waals surface area contributed by atoms with Crippen molar-refractivity contribution in [1.29, 1.82) is 0 Å². The van der Waals surface area contributed by atoms with Gasteiger partial charge in [0.05, 0.1) is 35.6 Å². The van der Waals surface area contributed by atoms with Crippen LogP contribution in [0.5, 0.6) is 0 Å². The molecule has 4 heterocycles. The van der Waals surface area contributed by atoms with E-state index in [-0.39, 0.29) is 36.2 Å². The molecule has 0 aliphatic carbocycles. The maximum atomic E-state index is 13.4. The number of aromatic nitrogens is 2. The summed E-state index contributed by atoms with van der Waals surface area (Å²) in [5.74, 6) is -0.504. The summed E-state index contributed by atoms with van der Waals surface area (Å²) >= 11 is 1.66. The molecular weight excluding hydrogens is 474 g/mol. The first-order chi connectivity index (χ1) is 17.4. The van der Waals surface area contributed by atoms with Gasteiger partial charge in [-0.2, -0.15) is 5.10 Å². The minimum atomic E-state index is -0.270. The lowest BCUT2D eigenvalue weighted by Gasteiger charge is -2.34. The monoisotopic (exact) mass is 505 g/mol. The Morgan fingerprint density at radius 1 is 1.17 bits per heavy atom. The van der Waals surface area contributed by atoms with E-state index in [2.05, 4.69) is 28.3 Å². The van der Waals surface area contributed by atoms with Crippen LogP contribution >= 0.6 is 11.3 Å². The first-order valence-corrected chi connectivity index (χ1v) is 13.3. The number of piperidine rings is 1. The lowest BCUT2D eigenvalue weighted by molar-refractivity contribution is -0.126. The molecular formula is C27H31N5O3S. The van der Waals surface area contributed by atoms with E-state index < -0.39 is 0 Å². The van der Waals surface area contributed by atoms with Crippen molar-refractivity contribution >= 4 is 34.7 Å². The van der Waals surface area contributed by atoms with Crippen molar-refractivity contribution in [2.24, 2.45) is 13.0 Å². The van der Waals surface area contributed by atoms with Gasteiger partial charge < -0.3 is 10.2 Å². The molecule has 0 radical (unpaired) electrons. The van der Waals surface area contributed by atoms with Crippen molar-refractivity contribution in [3.63, 3.8) is 0 Å². The second-order valence-corrected chi connectivity index (χ2v) is 10.5. The highest BCUT2D eigenvalue weighted by Crippen LogP contribution is 2.35. The van der Waals surface area contributed by atoms with Gasteiger partial charge in [0.1, 0.15) is 0 Å². The van der Waals surface area contributed by atoms with E-state index >= 15 is 0 Å². The topological polar surface area (TPSA) is 87.5 Å². The Morgan fingerprint density at radius 2 is 1.94 bits per heavy atom. The minimum absolute atomic E-state index is 0.0472. The number of hydrogen-bond donors (Lipinski definition) is 1. The molecule has 1 aromatic carbocycles. The van der Waals surface area contributed by atoms with Gasteiger partial charge in [0.15, 0.2) is 0 Å². The molecule has 2 aliphatic rings. The van der Waals surface area contributed by atoms with E-state index in [4.69, 9.17) is 0 Å². The molecule has 1 fully saturated rings. The van der Waals surface area contributed by atoms with Gasteiger partial charge in [0.2, 0.25) is 5.91 Å². The maximum absolute atomic E-state index is 13.4. The van der Waals surface area contributed by atoms with E-state index in [1.54, 1.807) is 28.3 Å². The fourth-order valence-corrected chi connectivity index (χ4v) is 5.99. The normalized spacial score (nSPS) is 17.0. The number of rotatable bonds is 7. The van der Waals surface area contributed by atoms with Crippen LogP contribution in [0.4, 0.5) is 5.69 Å². The van der Waals surface area contributed by atoms with Gasteiger partial charge in [0.25, 0.3) is 11.8 Å². The minimum Gasteiger partial charge on any atom is -0.371 e. The Morgan fingerprint density at radius 3 is 2.58 bits per heavy atom. The smallest absolute Gasteiger partial charge is 0.263 e. The van der Waals surface area contributed by atoms with Crippen LogP contribution in [0, 0.1) is 12.8 Å². The number of benzene rings is 1. The van der Waals surface area contributed by atoms with Crippen LogP contribution in [0.1, 0.15) is 69.1 Å². The van der Waals surface area contributed by atoms with Crippen LogP contribution in [0.3, 0.4) is 0 Å². The number of hydrogen-bond acceptors (Lipinski definition) is 6. The Bertz CT molecular complexity index is 1290. The molecule has 3 aromatic rings. The average Bonchev–Trinajstić information content (AvgIpc) is 3.60. The van der Waals surface area contributed by atoms with Crippen molar-refractivity contribution in [2.75, 3.05) is 18.0 Å². The quantitative estimate of drug-likeness (QED) is 0.489. The molecule has 36 heavy (non-hydrogen) atoms. The first-order valence-electron chi connectivity index (χ1n) is 12.4. The zero-order valence-electron chi connectivity index (χ0n) is 20.9. The maximum Gasteiger partial charge on any atom is 0.263 e. The van der Waals surface area contributed by atoms with Crippen LogP contribution in [0.2, 0.25) is 0 Å². The molecule has 0 spiro atoms. The third-order valence-electron chi connectivity index (χ3n) is 7.46. The molecule has 2 aromatic heterocycles. The zero-order chi connectivity index (χ0) is 25.4. The number of anilines is 1. The Kier molecular flexibility index (Phi) is 6.66. The van der Waals surface area contributed by atoms with E-state index in [9.17, 15) is 14.4 Å². The third kappa shape index (κ3) is 4.32. The highest BCUT2D eigenvalue weighted by Gasteiger charge is 2.39. The highest BCUT2D eigenvalue weighted by atomic mass is 32.1. The van der Waals surface area contributed by atoms with Gasteiger partial charge in [-0.05, 0) is 49.8 Å². The van der Waals surface area contributed by atoms with Crippen molar-refractivity contribution in [1.82, 2.24) is 20.0 Å². The number of nitrogens with zero attached hydrogens (tertiary/aromatic N) is 4. The molecule has 1 N–H and O–H groups in total. The number of nitrogens with one attached hydrogen (secondary N) is 1. The molecule has 1 atom stereocenters. The van der Waals surface area contributed by atoms with Crippen molar-refractivity contribution in [3.8, 4) is 0 Å². The van der Waals surface area contributed by atoms with E-state index in [0.29, 0.717) is 37.1 Å². The zero-order valence-corrected chi connectivity index (χ0v) is 21.7. The summed E-state index contributed by atoms with van der Waals surface area (Å²) in [5, 5.41) is 9.49. The molecule has 0 unspecified atom stereocenters. The first kappa shape index (κ1) is 24.2. The Hall–Kier alpha value is -3.46. The molecule has 9 heteroatoms. The summed E-state index contributed by atoms with van der Waals surface area (Å²) < 4.78 is 1.74. The number of carbonyl (C=O) groups is 3. The highest BCUT2D eigenvalue weighted by molar-refractivity contribution is 7.10. The summed E-state index contributed by atoms with van der Waals surface area (Å²) in [7, 11) is 1.84. The molecule has 2 aliphatic heterocycles. The molecule has 5 rings (SSSR count). The van der Waals surface area contributed by atoms with Gasteiger partial charge in [-0.25, -0.2) is 0 Å². The van der Waals surface area contributed by atoms with Gasteiger partial charge in [-0.3, -0.25) is 24.0 Å². The Balaban J connectivity index is 1.27. The number of carbonyl (C=O) groups excluding carboxylic acids is 3. The number of aryl methyl sites for hydroxylation is 1. The third-order valence-corrected chi connectivity index (χ3v) is 8.45. The lowest BCUT2D eigenvalue weighted by Crippen LogP contribution is -2.42. The van der Waals surface area contributed by atoms with Crippen LogP contribution in [-0.2, 0) is 18.4 Å². The van der Waals surface area contributed by atoms with E-state index in [0.717, 1.165) is 23.4 Å². The molecule has 188 valence electrons. The average molecular weight is 506 g/mol. The fraction of sp³-hybridized carbons (Fsp3) is 0.407. The predicted octanol–water partition coefficient (Wildman–Crippen LogP) is 4.07. The molecule has 8 nitrogen and oxygen atoms in total. The molecule has 0 saturated carbocycles. The molecule has 3 amide bonds. The summed E-state index contributed by atoms with van der Waals surface area (Å²) in [4.78, 5) is 44.2. The van der Waals surface area contributed by atoms with E-state index in [1.807, 2.05) is 37.6 Å². The largest absolute Gasteiger partial charge is 0.371 e. The molecule has 1 saturated heterocycles. The van der Waals surface area contributed by atoms with Crippen LogP contribution < -0.4 is 10.2 Å². The number of imide groups is 1. The molecule has 0 bridgehead atoms. The van der Waals surface area contributed by atoms with Crippen molar-refractivity contribution < 1.29 is 14.4 Å². The summed E-state index contributed by atoms with van der Waals surface area (Å²) in [6.45, 7) is 5.54. The second kappa shape index (κ2) is 9.89. The standard InChI is InChI=1S/C27H31N5O3S/c1-4-21(23-9-6-14-36-23)29-25(33)18-10-12-31(13-11-18)22-8-5-7-20-24(22)27(35)32(26(20)34)16-19-15-28-30(3)17(19)2/h5-9,14-15,18,21H,4,10-13,16H2,1-3H3,(H,29,33)/t21-/m1/s1. The summed E-state index contributed by atoms with van der Waals surface area (Å²) in [5.41, 5.74) is 3.47. The number of fused-ring (bicyclic) bond motifs is 1. The van der Waals surface area contributed by atoms with Crippen molar-refractivity contribution in [3.05, 3.63) is 69.2 Å². The number of thiophene rings is 1. The van der Waals surface area contributed by atoms with Crippen LogP contribution in [0.15, 0.2) is 41.9 Å². The van der Waals surface area contributed by atoms with Gasteiger partial charge in [0, 0.05) is 42.2 Å². The van der Waals surface area contributed by atoms with Crippen LogP contribution in [0.25, 0.3) is 0 Å².